The first kappa shape index (κ1) is 18.2. The number of nitrogens with zero attached hydrogens (tertiary/aromatic N) is 3. The van der Waals surface area contributed by atoms with Crippen molar-refractivity contribution in [2.24, 2.45) is 0 Å². The zero-order valence-corrected chi connectivity index (χ0v) is 14.9. The van der Waals surface area contributed by atoms with E-state index in [0.29, 0.717) is 17.5 Å². The Kier molecular flexibility index (Phi) is 4.85. The van der Waals surface area contributed by atoms with Gasteiger partial charge in [0.2, 0.25) is 0 Å². The summed E-state index contributed by atoms with van der Waals surface area (Å²) in [7, 11) is 0. The molecule has 8 heteroatoms. The third-order valence-corrected chi connectivity index (χ3v) is 4.71. The van der Waals surface area contributed by atoms with E-state index in [1.165, 1.54) is 12.1 Å². The van der Waals surface area contributed by atoms with E-state index in [-0.39, 0.29) is 11.3 Å². The SMILES string of the molecule is O=C(Nc1cc(-c2nnc3n2CCCCC3)ccc1F)c1cc(F)cc(F)c1. The van der Waals surface area contributed by atoms with Crippen molar-refractivity contribution < 1.29 is 18.0 Å². The van der Waals surface area contributed by atoms with Gasteiger partial charge in [0.25, 0.3) is 5.91 Å². The Bertz CT molecular complexity index is 1030. The summed E-state index contributed by atoms with van der Waals surface area (Å²) in [5, 5.41) is 10.8. The summed E-state index contributed by atoms with van der Waals surface area (Å²) < 4.78 is 42.9. The van der Waals surface area contributed by atoms with Gasteiger partial charge in [-0.1, -0.05) is 6.42 Å². The molecule has 144 valence electrons. The molecule has 0 saturated carbocycles. The minimum absolute atomic E-state index is 0.0989. The van der Waals surface area contributed by atoms with Gasteiger partial charge in [-0.15, -0.1) is 10.2 Å². The molecule has 0 unspecified atom stereocenters. The number of carbonyl (C=O) groups excluding carboxylic acids is 1. The van der Waals surface area contributed by atoms with Crippen LogP contribution >= 0.6 is 0 Å². The second-order valence-electron chi connectivity index (χ2n) is 6.71. The van der Waals surface area contributed by atoms with Crippen LogP contribution in [0, 0.1) is 17.5 Å². The second-order valence-corrected chi connectivity index (χ2v) is 6.71. The van der Waals surface area contributed by atoms with Gasteiger partial charge in [0.05, 0.1) is 5.69 Å². The van der Waals surface area contributed by atoms with E-state index in [0.717, 1.165) is 50.2 Å². The average Bonchev–Trinajstić information content (AvgIpc) is 2.91. The van der Waals surface area contributed by atoms with Crippen molar-refractivity contribution in [2.75, 3.05) is 5.32 Å². The van der Waals surface area contributed by atoms with Gasteiger partial charge in [-0.05, 0) is 43.2 Å². The molecule has 0 bridgehead atoms. The minimum atomic E-state index is -0.884. The van der Waals surface area contributed by atoms with E-state index in [4.69, 9.17) is 0 Å². The number of aryl methyl sites for hydroxylation is 1. The van der Waals surface area contributed by atoms with Crippen LogP contribution in [0.1, 0.15) is 35.4 Å². The molecule has 28 heavy (non-hydrogen) atoms. The van der Waals surface area contributed by atoms with E-state index in [1.54, 1.807) is 6.07 Å². The summed E-state index contributed by atoms with van der Waals surface area (Å²) in [6, 6.07) is 6.67. The minimum Gasteiger partial charge on any atom is -0.319 e. The predicted octanol–water partition coefficient (Wildman–Crippen LogP) is 4.34. The lowest BCUT2D eigenvalue weighted by Gasteiger charge is -2.11. The summed E-state index contributed by atoms with van der Waals surface area (Å²) >= 11 is 0. The quantitative estimate of drug-likeness (QED) is 0.728. The van der Waals surface area contributed by atoms with Gasteiger partial charge in [-0.3, -0.25) is 4.79 Å². The topological polar surface area (TPSA) is 59.8 Å². The molecule has 0 radical (unpaired) electrons. The fourth-order valence-corrected chi connectivity index (χ4v) is 3.34. The number of benzene rings is 2. The molecular weight excluding hydrogens is 369 g/mol. The summed E-state index contributed by atoms with van der Waals surface area (Å²) in [4.78, 5) is 12.3. The number of hydrogen-bond donors (Lipinski definition) is 1. The summed E-state index contributed by atoms with van der Waals surface area (Å²) in [6.45, 7) is 0.777. The van der Waals surface area contributed by atoms with Gasteiger partial charge in [-0.25, -0.2) is 13.2 Å². The maximum atomic E-state index is 14.2. The van der Waals surface area contributed by atoms with E-state index >= 15 is 0 Å². The number of anilines is 1. The lowest BCUT2D eigenvalue weighted by molar-refractivity contribution is 0.102. The predicted molar refractivity (Wildman–Crippen MR) is 97.3 cm³/mol. The summed E-state index contributed by atoms with van der Waals surface area (Å²) in [5.41, 5.74) is 0.263. The highest BCUT2D eigenvalue weighted by Crippen LogP contribution is 2.27. The zero-order valence-electron chi connectivity index (χ0n) is 14.9. The Hall–Kier alpha value is -3.16. The Morgan fingerprint density at radius 1 is 0.964 bits per heavy atom. The molecule has 0 fully saturated rings. The van der Waals surface area contributed by atoms with Crippen molar-refractivity contribution in [3.63, 3.8) is 0 Å². The lowest BCUT2D eigenvalue weighted by atomic mass is 10.1. The summed E-state index contributed by atoms with van der Waals surface area (Å²) in [6.07, 6.45) is 4.00. The lowest BCUT2D eigenvalue weighted by Crippen LogP contribution is -2.14. The number of hydrogen-bond acceptors (Lipinski definition) is 3. The molecule has 2 aromatic carbocycles. The maximum absolute atomic E-state index is 14.2. The standard InChI is InChI=1S/C20H17F3N4O/c21-14-8-13(9-15(22)11-14)20(28)24-17-10-12(5-6-16(17)23)19-26-25-18-4-2-1-3-7-27(18)19/h5-6,8-11H,1-4,7H2,(H,24,28). The summed E-state index contributed by atoms with van der Waals surface area (Å²) in [5.74, 6) is -1.75. The van der Waals surface area contributed by atoms with E-state index in [2.05, 4.69) is 15.5 Å². The molecule has 2 heterocycles. The van der Waals surface area contributed by atoms with Crippen LogP contribution in [-0.2, 0) is 13.0 Å². The normalized spacial score (nSPS) is 13.7. The van der Waals surface area contributed by atoms with Crippen molar-refractivity contribution >= 4 is 11.6 Å². The largest absolute Gasteiger partial charge is 0.319 e. The smallest absolute Gasteiger partial charge is 0.255 e. The van der Waals surface area contributed by atoms with Gasteiger partial charge in [0.15, 0.2) is 5.82 Å². The van der Waals surface area contributed by atoms with Crippen LogP contribution in [0.5, 0.6) is 0 Å². The van der Waals surface area contributed by atoms with Crippen LogP contribution in [0.2, 0.25) is 0 Å². The van der Waals surface area contributed by atoms with Crippen LogP contribution in [0.3, 0.4) is 0 Å². The molecule has 0 spiro atoms. The molecule has 0 atom stereocenters. The molecule has 1 aliphatic rings. The number of rotatable bonds is 3. The van der Waals surface area contributed by atoms with Crippen LogP contribution < -0.4 is 5.32 Å². The van der Waals surface area contributed by atoms with Gasteiger partial charge >= 0.3 is 0 Å². The van der Waals surface area contributed by atoms with E-state index in [9.17, 15) is 18.0 Å². The van der Waals surface area contributed by atoms with Crippen LogP contribution in [0.25, 0.3) is 11.4 Å². The molecule has 1 amide bonds. The first-order valence-electron chi connectivity index (χ1n) is 9.01. The van der Waals surface area contributed by atoms with Gasteiger partial charge in [0.1, 0.15) is 23.3 Å². The van der Waals surface area contributed by atoms with Gasteiger partial charge in [0, 0.05) is 30.2 Å². The molecule has 1 aromatic heterocycles. The Morgan fingerprint density at radius 3 is 2.54 bits per heavy atom. The van der Waals surface area contributed by atoms with Gasteiger partial charge in [-0.2, -0.15) is 0 Å². The molecular formula is C20H17F3N4O. The maximum Gasteiger partial charge on any atom is 0.255 e. The van der Waals surface area contributed by atoms with Crippen molar-refractivity contribution in [1.82, 2.24) is 14.8 Å². The highest BCUT2D eigenvalue weighted by Gasteiger charge is 2.18. The fraction of sp³-hybridized carbons (Fsp3) is 0.250. The number of carbonyl (C=O) groups is 1. The first-order chi connectivity index (χ1) is 13.5. The second kappa shape index (κ2) is 7.46. The number of fused-ring (bicyclic) bond motifs is 1. The first-order valence-corrected chi connectivity index (χ1v) is 9.01. The van der Waals surface area contributed by atoms with Crippen molar-refractivity contribution in [3.8, 4) is 11.4 Å². The van der Waals surface area contributed by atoms with E-state index in [1.807, 2.05) is 4.57 Å². The Morgan fingerprint density at radius 2 is 1.75 bits per heavy atom. The molecule has 1 aliphatic heterocycles. The van der Waals surface area contributed by atoms with Gasteiger partial charge < -0.3 is 9.88 Å². The number of aromatic nitrogens is 3. The Balaban J connectivity index is 1.65. The number of amides is 1. The van der Waals surface area contributed by atoms with Crippen LogP contribution in [0.15, 0.2) is 36.4 Å². The Labute approximate surface area is 159 Å². The molecule has 3 aromatic rings. The van der Waals surface area contributed by atoms with Crippen molar-refractivity contribution in [3.05, 3.63) is 65.2 Å². The average molecular weight is 386 g/mol. The van der Waals surface area contributed by atoms with Crippen LogP contribution in [0.4, 0.5) is 18.9 Å². The number of halogens is 3. The van der Waals surface area contributed by atoms with Crippen molar-refractivity contribution in [2.45, 2.75) is 32.2 Å². The fourth-order valence-electron chi connectivity index (χ4n) is 3.34. The van der Waals surface area contributed by atoms with Crippen LogP contribution in [-0.4, -0.2) is 20.7 Å². The van der Waals surface area contributed by atoms with E-state index < -0.39 is 23.4 Å². The monoisotopic (exact) mass is 386 g/mol. The third kappa shape index (κ3) is 3.62. The molecule has 1 N–H and O–H groups in total. The molecule has 0 saturated heterocycles. The van der Waals surface area contributed by atoms with Crippen molar-refractivity contribution in [1.29, 1.82) is 0 Å². The molecule has 4 rings (SSSR count). The zero-order chi connectivity index (χ0) is 19.7. The molecule has 0 aliphatic carbocycles. The highest BCUT2D eigenvalue weighted by atomic mass is 19.1. The molecule has 5 nitrogen and oxygen atoms in total. The third-order valence-electron chi connectivity index (χ3n) is 4.71. The highest BCUT2D eigenvalue weighted by molar-refractivity contribution is 6.04. The number of nitrogens with one attached hydrogen (secondary N) is 1.